The van der Waals surface area contributed by atoms with Crippen molar-refractivity contribution in [1.82, 2.24) is 5.32 Å². The van der Waals surface area contributed by atoms with E-state index in [0.29, 0.717) is 44.0 Å². The fraction of sp³-hybridized carbons (Fsp3) is 0.379. The van der Waals surface area contributed by atoms with E-state index >= 15 is 0 Å². The third kappa shape index (κ3) is 9.25. The molecule has 2 atom stereocenters. The summed E-state index contributed by atoms with van der Waals surface area (Å²) in [6.07, 6.45) is 0.0747. The lowest BCUT2D eigenvalue weighted by atomic mass is 10.1. The SMILES string of the molecule is CC(C)S(=O)c1cccc(COCCOc2ccc(CCNCC(O)c3ccc(O)c(CO)c3)cc2)c1. The van der Waals surface area contributed by atoms with Crippen LogP contribution in [0.15, 0.2) is 71.6 Å². The molecule has 0 spiro atoms. The van der Waals surface area contributed by atoms with Gasteiger partial charge in [0.25, 0.3) is 0 Å². The van der Waals surface area contributed by atoms with Gasteiger partial charge in [-0.05, 0) is 66.1 Å². The van der Waals surface area contributed by atoms with Crippen molar-refractivity contribution in [1.29, 1.82) is 0 Å². The highest BCUT2D eigenvalue weighted by molar-refractivity contribution is 7.85. The number of rotatable bonds is 15. The Bertz CT molecular complexity index is 1140. The lowest BCUT2D eigenvalue weighted by molar-refractivity contribution is 0.0888. The van der Waals surface area contributed by atoms with Crippen LogP contribution in [0.25, 0.3) is 0 Å². The third-order valence-electron chi connectivity index (χ3n) is 5.83. The first kappa shape index (κ1) is 28.8. The molecule has 8 heteroatoms. The fourth-order valence-corrected chi connectivity index (χ4v) is 4.75. The molecule has 0 amide bonds. The molecule has 4 N–H and O–H groups in total. The van der Waals surface area contributed by atoms with Crippen molar-refractivity contribution < 1.29 is 29.0 Å². The Kier molecular flexibility index (Phi) is 11.6. The summed E-state index contributed by atoms with van der Waals surface area (Å²) in [4.78, 5) is 0.827. The van der Waals surface area contributed by atoms with Crippen LogP contribution in [-0.4, -0.2) is 51.1 Å². The van der Waals surface area contributed by atoms with Crippen LogP contribution in [0.1, 0.15) is 42.2 Å². The number of aliphatic hydroxyl groups excluding tert-OH is 2. The van der Waals surface area contributed by atoms with Crippen LogP contribution >= 0.6 is 0 Å². The van der Waals surface area contributed by atoms with E-state index in [4.69, 9.17) is 9.47 Å². The molecule has 2 unspecified atom stereocenters. The van der Waals surface area contributed by atoms with Gasteiger partial charge < -0.3 is 30.1 Å². The smallest absolute Gasteiger partial charge is 0.121 e. The van der Waals surface area contributed by atoms with Gasteiger partial charge in [0, 0.05) is 22.3 Å². The predicted octanol–water partition coefficient (Wildman–Crippen LogP) is 3.86. The Balaban J connectivity index is 1.32. The second kappa shape index (κ2) is 14.9. The van der Waals surface area contributed by atoms with Gasteiger partial charge in [-0.3, -0.25) is 4.21 Å². The fourth-order valence-electron chi connectivity index (χ4n) is 3.72. The Labute approximate surface area is 221 Å². The topological polar surface area (TPSA) is 108 Å². The normalized spacial score (nSPS) is 13.0. The zero-order chi connectivity index (χ0) is 26.6. The minimum Gasteiger partial charge on any atom is -0.508 e. The zero-order valence-corrected chi connectivity index (χ0v) is 22.2. The third-order valence-corrected chi connectivity index (χ3v) is 7.41. The summed E-state index contributed by atoms with van der Waals surface area (Å²) in [5.74, 6) is 0.797. The molecule has 0 bridgehead atoms. The van der Waals surface area contributed by atoms with Crippen LogP contribution in [0.2, 0.25) is 0 Å². The van der Waals surface area contributed by atoms with E-state index in [1.807, 2.05) is 62.4 Å². The average molecular weight is 528 g/mol. The Hall–Kier alpha value is -2.75. The standard InChI is InChI=1S/C29H37NO6S/c1-21(2)37(34)27-5-3-4-23(16-27)20-35-14-15-36-26-9-6-22(7-10-26)12-13-30-18-29(33)24-8-11-28(32)25(17-24)19-31/h3-11,16-17,21,29-33H,12-15,18-20H2,1-2H3. The van der Waals surface area contributed by atoms with Crippen LogP contribution in [0.3, 0.4) is 0 Å². The van der Waals surface area contributed by atoms with Crippen LogP contribution in [0.5, 0.6) is 11.5 Å². The Morgan fingerprint density at radius 1 is 0.973 bits per heavy atom. The average Bonchev–Trinajstić information content (AvgIpc) is 2.91. The van der Waals surface area contributed by atoms with Gasteiger partial charge in [0.1, 0.15) is 18.1 Å². The molecule has 0 aliphatic heterocycles. The minimum atomic E-state index is -1.01. The van der Waals surface area contributed by atoms with Crippen molar-refractivity contribution in [3.8, 4) is 11.5 Å². The highest BCUT2D eigenvalue weighted by atomic mass is 32.2. The molecule has 37 heavy (non-hydrogen) atoms. The molecule has 200 valence electrons. The first-order valence-electron chi connectivity index (χ1n) is 12.5. The second-order valence-corrected chi connectivity index (χ2v) is 11.1. The monoisotopic (exact) mass is 527 g/mol. The lowest BCUT2D eigenvalue weighted by Gasteiger charge is -2.14. The van der Waals surface area contributed by atoms with E-state index in [2.05, 4.69) is 5.32 Å². The molecule has 0 heterocycles. The number of phenols is 1. The quantitative estimate of drug-likeness (QED) is 0.222. The van der Waals surface area contributed by atoms with Gasteiger partial charge in [0.05, 0.1) is 36.7 Å². The lowest BCUT2D eigenvalue weighted by Crippen LogP contribution is -2.23. The number of ether oxygens (including phenoxy) is 2. The summed E-state index contributed by atoms with van der Waals surface area (Å²) in [6.45, 7) is 6.02. The maximum Gasteiger partial charge on any atom is 0.121 e. The van der Waals surface area contributed by atoms with Crippen molar-refractivity contribution in [2.24, 2.45) is 0 Å². The Morgan fingerprint density at radius 3 is 2.49 bits per heavy atom. The number of hydrogen-bond acceptors (Lipinski definition) is 7. The maximum atomic E-state index is 12.3. The second-order valence-electron chi connectivity index (χ2n) is 9.05. The van der Waals surface area contributed by atoms with Crippen LogP contribution < -0.4 is 10.1 Å². The van der Waals surface area contributed by atoms with Gasteiger partial charge >= 0.3 is 0 Å². The van der Waals surface area contributed by atoms with Crippen molar-refractivity contribution in [3.05, 3.63) is 89.0 Å². The number of aliphatic hydroxyl groups is 2. The van der Waals surface area contributed by atoms with Gasteiger partial charge in [-0.1, -0.05) is 44.2 Å². The highest BCUT2D eigenvalue weighted by Crippen LogP contribution is 2.22. The molecular weight excluding hydrogens is 490 g/mol. The maximum absolute atomic E-state index is 12.3. The van der Waals surface area contributed by atoms with Crippen molar-refractivity contribution in [2.75, 3.05) is 26.3 Å². The first-order chi connectivity index (χ1) is 17.9. The number of aromatic hydroxyl groups is 1. The first-order valence-corrected chi connectivity index (χ1v) is 13.7. The number of benzene rings is 3. The molecule has 0 aliphatic carbocycles. The minimum absolute atomic E-state index is 0.0221. The summed E-state index contributed by atoms with van der Waals surface area (Å²) in [7, 11) is -1.01. The Morgan fingerprint density at radius 2 is 1.76 bits per heavy atom. The summed E-state index contributed by atoms with van der Waals surface area (Å²) in [5, 5.41) is 32.6. The summed E-state index contributed by atoms with van der Waals surface area (Å²) in [6, 6.07) is 20.3. The molecular formula is C29H37NO6S. The molecule has 0 radical (unpaired) electrons. The van der Waals surface area contributed by atoms with Crippen LogP contribution in [-0.2, 0) is 35.2 Å². The van der Waals surface area contributed by atoms with Gasteiger partial charge in [-0.25, -0.2) is 0 Å². The van der Waals surface area contributed by atoms with Crippen molar-refractivity contribution in [2.45, 2.75) is 49.7 Å². The summed E-state index contributed by atoms with van der Waals surface area (Å²) < 4.78 is 23.7. The van der Waals surface area contributed by atoms with E-state index in [9.17, 15) is 19.5 Å². The van der Waals surface area contributed by atoms with E-state index in [1.165, 1.54) is 6.07 Å². The van der Waals surface area contributed by atoms with Gasteiger partial charge in [0.15, 0.2) is 0 Å². The van der Waals surface area contributed by atoms with E-state index in [1.54, 1.807) is 12.1 Å². The molecule has 0 fully saturated rings. The summed E-state index contributed by atoms with van der Waals surface area (Å²) in [5.41, 5.74) is 3.19. The van der Waals surface area contributed by atoms with Crippen LogP contribution in [0.4, 0.5) is 0 Å². The van der Waals surface area contributed by atoms with Crippen molar-refractivity contribution >= 4 is 10.8 Å². The van der Waals surface area contributed by atoms with E-state index in [0.717, 1.165) is 28.2 Å². The van der Waals surface area contributed by atoms with E-state index < -0.39 is 16.9 Å². The van der Waals surface area contributed by atoms with Crippen LogP contribution in [0, 0.1) is 0 Å². The molecule has 0 aromatic heterocycles. The van der Waals surface area contributed by atoms with E-state index in [-0.39, 0.29) is 17.6 Å². The largest absolute Gasteiger partial charge is 0.508 e. The molecule has 0 saturated carbocycles. The van der Waals surface area contributed by atoms with Gasteiger partial charge in [-0.15, -0.1) is 0 Å². The summed E-state index contributed by atoms with van der Waals surface area (Å²) >= 11 is 0. The number of nitrogens with one attached hydrogen (secondary N) is 1. The predicted molar refractivity (Wildman–Crippen MR) is 145 cm³/mol. The number of hydrogen-bond donors (Lipinski definition) is 4. The van der Waals surface area contributed by atoms with Gasteiger partial charge in [-0.2, -0.15) is 0 Å². The molecule has 7 nitrogen and oxygen atoms in total. The molecule has 0 aliphatic rings. The van der Waals surface area contributed by atoms with Gasteiger partial charge in [0.2, 0.25) is 0 Å². The molecule has 3 aromatic rings. The molecule has 3 rings (SSSR count). The molecule has 0 saturated heterocycles. The zero-order valence-electron chi connectivity index (χ0n) is 21.4. The van der Waals surface area contributed by atoms with Crippen molar-refractivity contribution in [3.63, 3.8) is 0 Å². The highest BCUT2D eigenvalue weighted by Gasteiger charge is 2.10. The molecule has 3 aromatic carbocycles.